The van der Waals surface area contributed by atoms with E-state index in [-0.39, 0.29) is 20.1 Å². The van der Waals surface area contributed by atoms with Crippen LogP contribution >= 0.6 is 11.3 Å². The van der Waals surface area contributed by atoms with Gasteiger partial charge in [-0.1, -0.05) is 27.7 Å². The fraction of sp³-hybridized carbons (Fsp3) is 0.231. The maximum Gasteiger partial charge on any atom is 0.0602 e. The van der Waals surface area contributed by atoms with Crippen LogP contribution in [0.5, 0.6) is 0 Å². The van der Waals surface area contributed by atoms with Gasteiger partial charge in [0.2, 0.25) is 0 Å². The number of aromatic nitrogens is 3. The number of rotatable bonds is 4. The Bertz CT molecular complexity index is 1350. The molecule has 0 unspecified atom stereocenters. The van der Waals surface area contributed by atoms with Crippen molar-refractivity contribution < 1.29 is 20.1 Å². The van der Waals surface area contributed by atoms with Crippen LogP contribution in [-0.2, 0) is 20.1 Å². The number of benzene rings is 2. The van der Waals surface area contributed by atoms with Gasteiger partial charge in [-0.15, -0.1) is 47.2 Å². The van der Waals surface area contributed by atoms with Gasteiger partial charge in [0, 0.05) is 70.8 Å². The van der Waals surface area contributed by atoms with E-state index in [4.69, 9.17) is 4.98 Å². The van der Waals surface area contributed by atoms with Gasteiger partial charge in [-0.2, -0.15) is 0 Å². The largest absolute Gasteiger partial charge is 0.339 e. The Kier molecular flexibility index (Phi) is 6.11. The molecule has 5 rings (SSSR count). The van der Waals surface area contributed by atoms with Crippen molar-refractivity contribution in [2.75, 3.05) is 0 Å². The van der Waals surface area contributed by atoms with Crippen LogP contribution in [0.2, 0.25) is 0 Å². The minimum Gasteiger partial charge on any atom is -0.339 e. The first-order valence-electron chi connectivity index (χ1n) is 10.4. The molecule has 0 aliphatic heterocycles. The van der Waals surface area contributed by atoms with Gasteiger partial charge in [-0.25, -0.2) is 0 Å². The Hall–Kier alpha value is -2.33. The molecule has 0 spiro atoms. The van der Waals surface area contributed by atoms with Crippen LogP contribution in [0.25, 0.3) is 37.2 Å². The van der Waals surface area contributed by atoms with E-state index in [0.29, 0.717) is 11.8 Å². The third-order valence-electron chi connectivity index (χ3n) is 5.63. The van der Waals surface area contributed by atoms with Gasteiger partial charge in [0.1, 0.15) is 0 Å². The van der Waals surface area contributed by atoms with Crippen LogP contribution in [0.4, 0.5) is 0 Å². The summed E-state index contributed by atoms with van der Waals surface area (Å²) >= 11 is 1.87. The molecule has 3 nitrogen and oxygen atoms in total. The van der Waals surface area contributed by atoms with Gasteiger partial charge in [0.05, 0.1) is 5.82 Å². The van der Waals surface area contributed by atoms with Crippen LogP contribution < -0.4 is 0 Å². The van der Waals surface area contributed by atoms with Crippen molar-refractivity contribution in [1.29, 1.82) is 0 Å². The molecule has 3 aromatic heterocycles. The Morgan fingerprint density at radius 2 is 1.84 bits per heavy atom. The molecule has 1 radical (unpaired) electrons. The van der Waals surface area contributed by atoms with E-state index in [2.05, 4.69) is 67.7 Å². The topological polar surface area (TPSA) is 30.7 Å². The summed E-state index contributed by atoms with van der Waals surface area (Å²) in [7, 11) is 0. The number of thiophene rings is 1. The summed E-state index contributed by atoms with van der Waals surface area (Å²) < 4.78 is 4.90. The van der Waals surface area contributed by atoms with Gasteiger partial charge in [0.25, 0.3) is 0 Å². The number of nitrogens with zero attached hydrogens (tertiary/aromatic N) is 3. The minimum atomic E-state index is 0. The average molecular weight is 603 g/mol. The molecule has 0 N–H and O–H groups in total. The molecule has 3 heterocycles. The summed E-state index contributed by atoms with van der Waals surface area (Å²) in [6.45, 7) is 9.12. The SMILES string of the molecule is CC(C)c1cc2c(sc3ccncc32)c(C(C)C)c1-n1ccnc1-c1[c-]cccc1.[Ir]. The first kappa shape index (κ1) is 21.9. The molecule has 0 aliphatic carbocycles. The average Bonchev–Trinajstić information content (AvgIpc) is 3.37. The van der Waals surface area contributed by atoms with Gasteiger partial charge >= 0.3 is 0 Å². The quantitative estimate of drug-likeness (QED) is 0.202. The first-order chi connectivity index (χ1) is 14.6. The summed E-state index contributed by atoms with van der Waals surface area (Å²) in [5.74, 6) is 1.68. The zero-order valence-electron chi connectivity index (χ0n) is 18.0. The van der Waals surface area contributed by atoms with Crippen molar-refractivity contribution in [3.8, 4) is 17.1 Å². The molecular weight excluding hydrogens is 579 g/mol. The number of imidazole rings is 1. The molecule has 0 bridgehead atoms. The second-order valence-electron chi connectivity index (χ2n) is 8.29. The Balaban J connectivity index is 0.00000231. The molecule has 0 aliphatic rings. The van der Waals surface area contributed by atoms with Gasteiger partial charge in [0.15, 0.2) is 0 Å². The third kappa shape index (κ3) is 3.65. The summed E-state index contributed by atoms with van der Waals surface area (Å²) in [6, 6.07) is 15.9. The molecule has 5 heteroatoms. The molecule has 0 amide bonds. The van der Waals surface area contributed by atoms with Gasteiger partial charge < -0.3 is 4.57 Å². The maximum absolute atomic E-state index is 4.71. The second-order valence-corrected chi connectivity index (χ2v) is 9.34. The van der Waals surface area contributed by atoms with Gasteiger partial charge in [-0.05, 0) is 35.1 Å². The Labute approximate surface area is 200 Å². The predicted molar refractivity (Wildman–Crippen MR) is 127 cm³/mol. The van der Waals surface area contributed by atoms with Crippen molar-refractivity contribution in [3.63, 3.8) is 0 Å². The number of pyridine rings is 1. The monoisotopic (exact) mass is 603 g/mol. The van der Waals surface area contributed by atoms with E-state index < -0.39 is 0 Å². The van der Waals surface area contributed by atoms with E-state index in [1.165, 1.54) is 37.0 Å². The van der Waals surface area contributed by atoms with E-state index in [9.17, 15) is 0 Å². The molecule has 2 aromatic carbocycles. The summed E-state index contributed by atoms with van der Waals surface area (Å²) in [6.07, 6.45) is 7.87. The summed E-state index contributed by atoms with van der Waals surface area (Å²) in [5, 5.41) is 2.56. The van der Waals surface area contributed by atoms with Crippen LogP contribution in [0.3, 0.4) is 0 Å². The van der Waals surface area contributed by atoms with E-state index in [1.54, 1.807) is 0 Å². The van der Waals surface area contributed by atoms with Crippen LogP contribution in [-0.4, -0.2) is 14.5 Å². The van der Waals surface area contributed by atoms with E-state index >= 15 is 0 Å². The van der Waals surface area contributed by atoms with Crippen LogP contribution in [0.15, 0.2) is 61.2 Å². The van der Waals surface area contributed by atoms with Crippen molar-refractivity contribution >= 4 is 31.5 Å². The minimum absolute atomic E-state index is 0. The predicted octanol–water partition coefficient (Wildman–Crippen LogP) is 7.35. The molecule has 5 aromatic rings. The summed E-state index contributed by atoms with van der Waals surface area (Å²) in [4.78, 5) is 9.11. The zero-order chi connectivity index (χ0) is 20.8. The smallest absolute Gasteiger partial charge is 0.0602 e. The van der Waals surface area contributed by atoms with Crippen LogP contribution in [0, 0.1) is 6.07 Å². The molecular formula is C26H24IrN3S-. The third-order valence-corrected chi connectivity index (χ3v) is 6.85. The number of hydrogen-bond acceptors (Lipinski definition) is 3. The molecule has 0 fully saturated rings. The van der Waals surface area contributed by atoms with E-state index in [0.717, 1.165) is 11.4 Å². The van der Waals surface area contributed by atoms with E-state index in [1.807, 2.05) is 48.1 Å². The molecule has 0 saturated heterocycles. The number of fused-ring (bicyclic) bond motifs is 3. The Morgan fingerprint density at radius 1 is 1.00 bits per heavy atom. The first-order valence-corrected chi connectivity index (χ1v) is 11.2. The fourth-order valence-electron chi connectivity index (χ4n) is 4.25. The Morgan fingerprint density at radius 3 is 2.55 bits per heavy atom. The summed E-state index contributed by atoms with van der Waals surface area (Å²) in [5.41, 5.74) is 4.99. The molecule has 0 atom stereocenters. The number of hydrogen-bond donors (Lipinski definition) is 0. The maximum atomic E-state index is 4.71. The molecule has 0 saturated carbocycles. The van der Waals surface area contributed by atoms with Crippen molar-refractivity contribution in [2.45, 2.75) is 39.5 Å². The second kappa shape index (κ2) is 8.66. The van der Waals surface area contributed by atoms with Crippen molar-refractivity contribution in [2.24, 2.45) is 0 Å². The van der Waals surface area contributed by atoms with Crippen molar-refractivity contribution in [3.05, 3.63) is 78.4 Å². The molecule has 31 heavy (non-hydrogen) atoms. The molecule has 159 valence electrons. The van der Waals surface area contributed by atoms with Crippen molar-refractivity contribution in [1.82, 2.24) is 14.5 Å². The van der Waals surface area contributed by atoms with Gasteiger partial charge in [-0.3, -0.25) is 9.97 Å². The normalized spacial score (nSPS) is 11.5. The zero-order valence-corrected chi connectivity index (χ0v) is 21.2. The fourth-order valence-corrected chi connectivity index (χ4v) is 5.59. The van der Waals surface area contributed by atoms with Crippen LogP contribution in [0.1, 0.15) is 50.7 Å². The standard InChI is InChI=1S/C26H24N3S.Ir/c1-16(2)19-14-20-21-15-27-11-10-22(21)30-25(20)23(17(3)4)24(19)29-13-12-28-26(29)18-8-6-5-7-9-18;/h5-8,10-17H,1-4H3;/q-1;.